The van der Waals surface area contributed by atoms with Gasteiger partial charge in [-0.15, -0.1) is 0 Å². The van der Waals surface area contributed by atoms with E-state index in [2.05, 4.69) is 21.8 Å². The van der Waals surface area contributed by atoms with Crippen LogP contribution >= 0.6 is 23.2 Å². The molecule has 43 heavy (non-hydrogen) atoms. The third-order valence-corrected chi connectivity index (χ3v) is 11.2. The van der Waals surface area contributed by atoms with E-state index in [0.717, 1.165) is 54.7 Å². The van der Waals surface area contributed by atoms with Crippen molar-refractivity contribution in [2.75, 3.05) is 40.8 Å². The maximum atomic E-state index is 14.1. The van der Waals surface area contributed by atoms with E-state index in [-0.39, 0.29) is 6.04 Å². The molecule has 0 bridgehead atoms. The monoisotopic (exact) mass is 640 g/mol. The van der Waals surface area contributed by atoms with E-state index in [4.69, 9.17) is 27.9 Å². The van der Waals surface area contributed by atoms with Gasteiger partial charge in [-0.05, 0) is 86.9 Å². The summed E-state index contributed by atoms with van der Waals surface area (Å²) >= 11 is 12.3. The first-order valence-corrected chi connectivity index (χ1v) is 16.7. The Morgan fingerprint density at radius 1 is 0.977 bits per heavy atom. The van der Waals surface area contributed by atoms with Crippen LogP contribution in [0, 0.1) is 0 Å². The zero-order valence-corrected chi connectivity index (χ0v) is 27.1. The van der Waals surface area contributed by atoms with Crippen LogP contribution in [0.15, 0.2) is 84.0 Å². The summed E-state index contributed by atoms with van der Waals surface area (Å²) in [5, 5.41) is 2.62. The summed E-state index contributed by atoms with van der Waals surface area (Å²) in [5.74, 6) is 0.776. The molecule has 0 N–H and O–H groups in total. The molecule has 1 fully saturated rings. The second kappa shape index (κ2) is 13.9. The van der Waals surface area contributed by atoms with Crippen molar-refractivity contribution in [1.82, 2.24) is 19.1 Å². The molecule has 1 unspecified atom stereocenters. The third-order valence-electron chi connectivity index (χ3n) is 8.51. The highest BCUT2D eigenvalue weighted by Gasteiger charge is 2.32. The van der Waals surface area contributed by atoms with Gasteiger partial charge in [-0.3, -0.25) is 9.88 Å². The Bertz CT molecular complexity index is 1640. The zero-order valence-electron chi connectivity index (χ0n) is 24.8. The number of fused-ring (bicyclic) bond motifs is 1. The van der Waals surface area contributed by atoms with Crippen LogP contribution in [0.4, 0.5) is 0 Å². The number of sulfonamides is 1. The van der Waals surface area contributed by atoms with E-state index in [1.54, 1.807) is 49.1 Å². The number of aromatic nitrogens is 1. The molecule has 1 atom stereocenters. The maximum Gasteiger partial charge on any atom is 0.243 e. The molecular weight excluding hydrogens is 603 g/mol. The van der Waals surface area contributed by atoms with Crippen molar-refractivity contribution in [3.8, 4) is 5.75 Å². The summed E-state index contributed by atoms with van der Waals surface area (Å²) in [6, 6.07) is 21.0. The average Bonchev–Trinajstić information content (AvgIpc) is 3.02. The molecular formula is C33H38Cl2N4O3S. The van der Waals surface area contributed by atoms with Gasteiger partial charge in [0, 0.05) is 55.4 Å². The fraction of sp³-hybridized carbons (Fsp3) is 0.364. The van der Waals surface area contributed by atoms with Gasteiger partial charge >= 0.3 is 0 Å². The van der Waals surface area contributed by atoms with Crippen molar-refractivity contribution < 1.29 is 13.2 Å². The Morgan fingerprint density at radius 3 is 2.40 bits per heavy atom. The van der Waals surface area contributed by atoms with Crippen molar-refractivity contribution >= 4 is 44.0 Å². The number of pyridine rings is 1. The molecule has 4 aromatic rings. The Balaban J connectivity index is 1.31. The zero-order chi connectivity index (χ0) is 30.6. The minimum absolute atomic E-state index is 0.263. The van der Waals surface area contributed by atoms with Gasteiger partial charge in [0.1, 0.15) is 5.75 Å². The number of hydrogen-bond acceptors (Lipinski definition) is 6. The van der Waals surface area contributed by atoms with Gasteiger partial charge < -0.3 is 9.64 Å². The molecule has 0 amide bonds. The summed E-state index contributed by atoms with van der Waals surface area (Å²) in [7, 11) is 1.71. The molecule has 10 heteroatoms. The minimum Gasteiger partial charge on any atom is -0.497 e. The number of likely N-dealkylation sites (tertiary alicyclic amines) is 1. The fourth-order valence-electron chi connectivity index (χ4n) is 5.91. The molecule has 0 aliphatic carbocycles. The smallest absolute Gasteiger partial charge is 0.243 e. The summed E-state index contributed by atoms with van der Waals surface area (Å²) < 4.78 is 35.1. The van der Waals surface area contributed by atoms with Gasteiger partial charge in [0.15, 0.2) is 0 Å². The number of hydrogen-bond donors (Lipinski definition) is 0. The molecule has 2 heterocycles. The molecule has 3 aromatic carbocycles. The standard InChI is InChI=1S/C33H38Cl2N4O3S/c1-37(22-25-9-12-31(34)32(35)20-25)27-14-17-39(18-15-27)23-28(19-24-7-10-29(42-3)11-8-24)38(2)43(40,41)33-6-4-5-26-21-36-16-13-30(26)33/h4-13,16,20-21,27-28H,14-15,17-19,22-23H2,1-3H3. The van der Waals surface area contributed by atoms with Crippen LogP contribution in [-0.4, -0.2) is 80.4 Å². The molecule has 0 radical (unpaired) electrons. The Kier molecular flexibility index (Phi) is 10.3. The van der Waals surface area contributed by atoms with Crippen molar-refractivity contribution in [3.63, 3.8) is 0 Å². The first-order valence-electron chi connectivity index (χ1n) is 14.5. The van der Waals surface area contributed by atoms with Gasteiger partial charge in [-0.2, -0.15) is 4.31 Å². The largest absolute Gasteiger partial charge is 0.497 e. The van der Waals surface area contributed by atoms with E-state index >= 15 is 0 Å². The molecule has 1 aromatic heterocycles. The lowest BCUT2D eigenvalue weighted by Crippen LogP contribution is -2.50. The molecule has 228 valence electrons. The van der Waals surface area contributed by atoms with Gasteiger partial charge in [0.05, 0.1) is 22.1 Å². The van der Waals surface area contributed by atoms with Crippen LogP contribution in [0.3, 0.4) is 0 Å². The second-order valence-corrected chi connectivity index (χ2v) is 14.1. The summed E-state index contributed by atoms with van der Waals surface area (Å²) in [5.41, 5.74) is 2.20. The van der Waals surface area contributed by atoms with Gasteiger partial charge in [-0.1, -0.05) is 53.5 Å². The Hall–Kier alpha value is -2.72. The molecule has 0 saturated carbocycles. The molecule has 1 aliphatic heterocycles. The lowest BCUT2D eigenvalue weighted by atomic mass is 10.0. The van der Waals surface area contributed by atoms with E-state index in [0.29, 0.717) is 39.3 Å². The highest BCUT2D eigenvalue weighted by atomic mass is 35.5. The second-order valence-electron chi connectivity index (χ2n) is 11.3. The molecule has 1 saturated heterocycles. The normalized spacial score (nSPS) is 15.8. The fourth-order valence-corrected chi connectivity index (χ4v) is 7.79. The van der Waals surface area contributed by atoms with Crippen molar-refractivity contribution in [2.24, 2.45) is 0 Å². The molecule has 0 spiro atoms. The topological polar surface area (TPSA) is 66.0 Å². The molecule has 7 nitrogen and oxygen atoms in total. The predicted octanol–water partition coefficient (Wildman–Crippen LogP) is 6.38. The van der Waals surface area contributed by atoms with Gasteiger partial charge in [0.2, 0.25) is 10.0 Å². The Morgan fingerprint density at radius 2 is 1.70 bits per heavy atom. The van der Waals surface area contributed by atoms with E-state index < -0.39 is 10.0 Å². The number of piperidine rings is 1. The van der Waals surface area contributed by atoms with Crippen LogP contribution < -0.4 is 4.74 Å². The predicted molar refractivity (Wildman–Crippen MR) is 175 cm³/mol. The van der Waals surface area contributed by atoms with Gasteiger partial charge in [0.25, 0.3) is 0 Å². The van der Waals surface area contributed by atoms with E-state index in [9.17, 15) is 8.42 Å². The van der Waals surface area contributed by atoms with E-state index in [1.807, 2.05) is 48.5 Å². The lowest BCUT2D eigenvalue weighted by molar-refractivity contribution is 0.109. The summed E-state index contributed by atoms with van der Waals surface area (Å²) in [4.78, 5) is 9.25. The van der Waals surface area contributed by atoms with Crippen molar-refractivity contribution in [2.45, 2.75) is 42.8 Å². The Labute approximate surface area is 265 Å². The molecule has 1 aliphatic rings. The number of benzene rings is 3. The first-order chi connectivity index (χ1) is 20.7. The van der Waals surface area contributed by atoms with Crippen LogP contribution in [0.2, 0.25) is 10.0 Å². The van der Waals surface area contributed by atoms with Crippen LogP contribution in [0.5, 0.6) is 5.75 Å². The highest BCUT2D eigenvalue weighted by molar-refractivity contribution is 7.89. The minimum atomic E-state index is -3.79. The maximum absolute atomic E-state index is 14.1. The highest BCUT2D eigenvalue weighted by Crippen LogP contribution is 2.28. The average molecular weight is 642 g/mol. The quantitative estimate of drug-likeness (QED) is 0.190. The number of methoxy groups -OCH3 is 1. The number of rotatable bonds is 11. The van der Waals surface area contributed by atoms with Crippen LogP contribution in [0.25, 0.3) is 10.8 Å². The van der Waals surface area contributed by atoms with Crippen molar-refractivity contribution in [3.05, 3.63) is 100 Å². The lowest BCUT2D eigenvalue weighted by Gasteiger charge is -2.39. The number of likely N-dealkylation sites (N-methyl/N-ethyl adjacent to an activating group) is 1. The van der Waals surface area contributed by atoms with E-state index in [1.165, 1.54) is 0 Å². The van der Waals surface area contributed by atoms with Crippen LogP contribution in [-0.2, 0) is 23.0 Å². The SMILES string of the molecule is COc1ccc(CC(CN2CCC(N(C)Cc3ccc(Cl)c(Cl)c3)CC2)N(C)S(=O)(=O)c2cccc3cnccc23)cc1. The van der Waals surface area contributed by atoms with Gasteiger partial charge in [-0.25, -0.2) is 8.42 Å². The summed E-state index contributed by atoms with van der Waals surface area (Å²) in [6.07, 6.45) is 5.92. The number of nitrogens with zero attached hydrogens (tertiary/aromatic N) is 4. The van der Waals surface area contributed by atoms with Crippen LogP contribution in [0.1, 0.15) is 24.0 Å². The van der Waals surface area contributed by atoms with Crippen molar-refractivity contribution in [1.29, 1.82) is 0 Å². The first kappa shape index (κ1) is 31.7. The summed E-state index contributed by atoms with van der Waals surface area (Å²) in [6.45, 7) is 3.22. The third kappa shape index (κ3) is 7.51. The molecule has 5 rings (SSSR count). The number of halogens is 2. The number of ether oxygens (including phenoxy) is 1.